The molecule has 0 aliphatic carbocycles. The largest absolute Gasteiger partial charge is 0.497 e. The number of hydrogen-bond acceptors (Lipinski definition) is 4. The van der Waals surface area contributed by atoms with Crippen molar-refractivity contribution in [2.45, 2.75) is 18.9 Å². The fourth-order valence-corrected chi connectivity index (χ4v) is 3.21. The maximum atomic E-state index is 12.3. The van der Waals surface area contributed by atoms with Crippen LogP contribution in [0.2, 0.25) is 0 Å². The monoisotopic (exact) mass is 303 g/mol. The molecule has 0 radical (unpaired) electrons. The first-order valence-electron chi connectivity index (χ1n) is 7.65. The Bertz CT molecular complexity index is 576. The zero-order chi connectivity index (χ0) is 15.5. The van der Waals surface area contributed by atoms with E-state index in [4.69, 9.17) is 4.74 Å². The first-order valence-corrected chi connectivity index (χ1v) is 7.65. The predicted molar refractivity (Wildman–Crippen MR) is 81.7 cm³/mol. The Morgan fingerprint density at radius 3 is 3.00 bits per heavy atom. The van der Waals surface area contributed by atoms with Crippen molar-refractivity contribution in [1.29, 1.82) is 0 Å². The molecule has 6 heteroatoms. The predicted octanol–water partition coefficient (Wildman–Crippen LogP) is 1.38. The van der Waals surface area contributed by atoms with Crippen molar-refractivity contribution in [3.05, 3.63) is 29.8 Å². The Hall–Kier alpha value is -2.08. The number of imide groups is 1. The second-order valence-corrected chi connectivity index (χ2v) is 5.68. The Morgan fingerprint density at radius 1 is 1.41 bits per heavy atom. The minimum Gasteiger partial charge on any atom is -0.497 e. The molecule has 118 valence electrons. The normalized spacial score (nSPS) is 22.0. The van der Waals surface area contributed by atoms with E-state index in [2.05, 4.69) is 16.3 Å². The summed E-state index contributed by atoms with van der Waals surface area (Å²) in [5.41, 5.74) is 1.16. The summed E-state index contributed by atoms with van der Waals surface area (Å²) >= 11 is 0. The lowest BCUT2D eigenvalue weighted by Gasteiger charge is -2.26. The number of nitrogens with one attached hydrogen (secondary N) is 1. The van der Waals surface area contributed by atoms with Crippen LogP contribution in [0, 0.1) is 0 Å². The number of amides is 3. The van der Waals surface area contributed by atoms with Crippen molar-refractivity contribution in [2.75, 3.05) is 33.3 Å². The van der Waals surface area contributed by atoms with E-state index in [0.29, 0.717) is 13.1 Å². The molecule has 0 aromatic heterocycles. The summed E-state index contributed by atoms with van der Waals surface area (Å²) in [5.74, 6) is 0.708. The summed E-state index contributed by atoms with van der Waals surface area (Å²) < 4.78 is 5.28. The molecule has 2 fully saturated rings. The van der Waals surface area contributed by atoms with Crippen LogP contribution in [-0.2, 0) is 4.79 Å². The lowest BCUT2D eigenvalue weighted by Crippen LogP contribution is -2.41. The van der Waals surface area contributed by atoms with Gasteiger partial charge in [0.25, 0.3) is 0 Å². The molecule has 0 saturated carbocycles. The minimum absolute atomic E-state index is 0.121. The maximum absolute atomic E-state index is 12.3. The Labute approximate surface area is 130 Å². The highest BCUT2D eigenvalue weighted by atomic mass is 16.5. The average molecular weight is 303 g/mol. The number of carbonyl (C=O) groups is 2. The molecule has 2 aliphatic heterocycles. The number of methoxy groups -OCH3 is 1. The zero-order valence-electron chi connectivity index (χ0n) is 12.7. The maximum Gasteiger partial charge on any atom is 0.324 e. The number of likely N-dealkylation sites (tertiary alicyclic amines) is 1. The number of hydrogen-bond donors (Lipinski definition) is 1. The standard InChI is InChI=1S/C16H21N3O3/c1-22-13-5-2-4-12(10-13)14-6-3-8-18(14)11-15(20)19-9-7-17-16(19)21/h2,4-5,10,14H,3,6-9,11H2,1H3,(H,17,21)/t14-/m1/s1. The highest BCUT2D eigenvalue weighted by molar-refractivity contribution is 5.96. The first kappa shape index (κ1) is 14.8. The van der Waals surface area contributed by atoms with E-state index in [1.165, 1.54) is 4.90 Å². The number of carbonyl (C=O) groups excluding carboxylic acids is 2. The number of benzene rings is 1. The number of rotatable bonds is 4. The Morgan fingerprint density at radius 2 is 2.27 bits per heavy atom. The molecule has 0 bridgehead atoms. The molecule has 6 nitrogen and oxygen atoms in total. The molecule has 1 atom stereocenters. The molecule has 1 aromatic carbocycles. The van der Waals surface area contributed by atoms with Gasteiger partial charge in [0.15, 0.2) is 0 Å². The van der Waals surface area contributed by atoms with E-state index in [9.17, 15) is 9.59 Å². The van der Waals surface area contributed by atoms with Crippen LogP contribution in [0.1, 0.15) is 24.4 Å². The van der Waals surface area contributed by atoms with Gasteiger partial charge in [-0.15, -0.1) is 0 Å². The third-order valence-electron chi connectivity index (χ3n) is 4.34. The smallest absolute Gasteiger partial charge is 0.324 e. The fourth-order valence-electron chi connectivity index (χ4n) is 3.21. The van der Waals surface area contributed by atoms with Gasteiger partial charge in [-0.25, -0.2) is 4.79 Å². The van der Waals surface area contributed by atoms with Gasteiger partial charge in [0.1, 0.15) is 5.75 Å². The molecule has 0 spiro atoms. The molecule has 22 heavy (non-hydrogen) atoms. The van der Waals surface area contributed by atoms with E-state index in [1.807, 2.05) is 18.2 Å². The van der Waals surface area contributed by atoms with Crippen LogP contribution >= 0.6 is 0 Å². The van der Waals surface area contributed by atoms with Crippen LogP contribution in [0.25, 0.3) is 0 Å². The van der Waals surface area contributed by atoms with Crippen LogP contribution < -0.4 is 10.1 Å². The Kier molecular flexibility index (Phi) is 4.29. The lowest BCUT2D eigenvalue weighted by atomic mass is 10.0. The Balaban J connectivity index is 1.70. The molecule has 1 N–H and O–H groups in total. The highest BCUT2D eigenvalue weighted by Crippen LogP contribution is 2.33. The van der Waals surface area contributed by atoms with Gasteiger partial charge in [0.2, 0.25) is 5.91 Å². The summed E-state index contributed by atoms with van der Waals surface area (Å²) in [7, 11) is 1.65. The molecule has 2 heterocycles. The molecule has 1 aromatic rings. The second kappa shape index (κ2) is 6.36. The topological polar surface area (TPSA) is 61.9 Å². The van der Waals surface area contributed by atoms with Crippen molar-refractivity contribution < 1.29 is 14.3 Å². The minimum atomic E-state index is -0.276. The van der Waals surface area contributed by atoms with E-state index < -0.39 is 0 Å². The SMILES string of the molecule is COc1cccc([C@H]2CCCN2CC(=O)N2CCNC2=O)c1. The van der Waals surface area contributed by atoms with Crippen LogP contribution in [0.15, 0.2) is 24.3 Å². The van der Waals surface area contributed by atoms with Gasteiger partial charge < -0.3 is 10.1 Å². The van der Waals surface area contributed by atoms with Crippen molar-refractivity contribution in [3.63, 3.8) is 0 Å². The number of urea groups is 1. The van der Waals surface area contributed by atoms with Crippen molar-refractivity contribution in [3.8, 4) is 5.75 Å². The second-order valence-electron chi connectivity index (χ2n) is 5.68. The van der Waals surface area contributed by atoms with Gasteiger partial charge in [0.05, 0.1) is 13.7 Å². The lowest BCUT2D eigenvalue weighted by molar-refractivity contribution is -0.129. The number of nitrogens with zero attached hydrogens (tertiary/aromatic N) is 2. The molecule has 2 aliphatic rings. The fraction of sp³-hybridized carbons (Fsp3) is 0.500. The average Bonchev–Trinajstić information content (AvgIpc) is 3.16. The van der Waals surface area contributed by atoms with Gasteiger partial charge in [-0.1, -0.05) is 12.1 Å². The third kappa shape index (κ3) is 2.92. The van der Waals surface area contributed by atoms with Crippen LogP contribution in [0.5, 0.6) is 5.75 Å². The quantitative estimate of drug-likeness (QED) is 0.913. The highest BCUT2D eigenvalue weighted by Gasteiger charge is 2.32. The van der Waals surface area contributed by atoms with E-state index >= 15 is 0 Å². The van der Waals surface area contributed by atoms with Crippen LogP contribution in [0.4, 0.5) is 4.79 Å². The molecule has 3 amide bonds. The third-order valence-corrected chi connectivity index (χ3v) is 4.34. The number of ether oxygens (including phenoxy) is 1. The summed E-state index contributed by atoms with van der Waals surface area (Å²) in [6.07, 6.45) is 2.08. The first-order chi connectivity index (χ1) is 10.7. The van der Waals surface area contributed by atoms with E-state index in [-0.39, 0.29) is 24.5 Å². The summed E-state index contributed by atoms with van der Waals surface area (Å²) in [6, 6.07) is 7.92. The van der Waals surface area contributed by atoms with Crippen molar-refractivity contribution in [1.82, 2.24) is 15.1 Å². The van der Waals surface area contributed by atoms with Crippen LogP contribution in [-0.4, -0.2) is 55.0 Å². The van der Waals surface area contributed by atoms with E-state index in [1.54, 1.807) is 7.11 Å². The van der Waals surface area contributed by atoms with Crippen molar-refractivity contribution >= 4 is 11.9 Å². The summed E-state index contributed by atoms with van der Waals surface area (Å²) in [4.78, 5) is 27.4. The van der Waals surface area contributed by atoms with Gasteiger partial charge in [0, 0.05) is 19.1 Å². The molecular weight excluding hydrogens is 282 g/mol. The van der Waals surface area contributed by atoms with Gasteiger partial charge >= 0.3 is 6.03 Å². The van der Waals surface area contributed by atoms with Crippen LogP contribution in [0.3, 0.4) is 0 Å². The van der Waals surface area contributed by atoms with E-state index in [0.717, 1.165) is 30.7 Å². The van der Waals surface area contributed by atoms with Gasteiger partial charge in [-0.05, 0) is 37.1 Å². The molecule has 3 rings (SSSR count). The summed E-state index contributed by atoms with van der Waals surface area (Å²) in [6.45, 7) is 2.18. The molecule has 0 unspecified atom stereocenters. The zero-order valence-corrected chi connectivity index (χ0v) is 12.7. The van der Waals surface area contributed by atoms with Gasteiger partial charge in [-0.2, -0.15) is 0 Å². The summed E-state index contributed by atoms with van der Waals surface area (Å²) in [5, 5.41) is 2.66. The molecular formula is C16H21N3O3. The molecule has 2 saturated heterocycles. The van der Waals surface area contributed by atoms with Crippen molar-refractivity contribution in [2.24, 2.45) is 0 Å². The van der Waals surface area contributed by atoms with Gasteiger partial charge in [-0.3, -0.25) is 14.6 Å².